The fraction of sp³-hybridized carbons (Fsp3) is 0.211. The average Bonchev–Trinajstić information content (AvgIpc) is 3.22. The molecule has 3 rings (SSSR count). The summed E-state index contributed by atoms with van der Waals surface area (Å²) in [6.07, 6.45) is 2.41. The van der Waals surface area contributed by atoms with Crippen LogP contribution in [-0.4, -0.2) is 40.6 Å². The molecule has 0 atom stereocenters. The molecule has 2 aromatic carbocycles. The molecule has 0 fully saturated rings. The summed E-state index contributed by atoms with van der Waals surface area (Å²) in [5.41, 5.74) is 1.10. The topological polar surface area (TPSA) is 99.5 Å². The Morgan fingerprint density at radius 1 is 1.19 bits per heavy atom. The van der Waals surface area contributed by atoms with Gasteiger partial charge in [-0.1, -0.05) is 11.6 Å². The summed E-state index contributed by atoms with van der Waals surface area (Å²) in [5, 5.41) is 5.89. The van der Waals surface area contributed by atoms with Crippen molar-refractivity contribution < 1.29 is 21.6 Å². The monoisotopic (exact) mass is 471 g/mol. The number of rotatable bonds is 9. The highest BCUT2D eigenvalue weighted by atomic mass is 35.5. The summed E-state index contributed by atoms with van der Waals surface area (Å²) in [7, 11) is -0.741. The highest BCUT2D eigenvalue weighted by Gasteiger charge is 2.23. The fourth-order valence-electron chi connectivity index (χ4n) is 2.75. The Kier molecular flexibility index (Phi) is 6.98. The van der Waals surface area contributed by atoms with Crippen molar-refractivity contribution in [2.45, 2.75) is 4.90 Å². The maximum atomic E-state index is 14.7. The summed E-state index contributed by atoms with van der Waals surface area (Å²) < 4.78 is 60.2. The van der Waals surface area contributed by atoms with Gasteiger partial charge in [-0.2, -0.15) is 0 Å². The molecule has 166 valence electrons. The fourth-order valence-corrected chi connectivity index (χ4v) is 4.05. The molecule has 3 aromatic rings. The van der Waals surface area contributed by atoms with E-state index in [2.05, 4.69) is 15.6 Å². The Morgan fingerprint density at radius 2 is 1.97 bits per heavy atom. The van der Waals surface area contributed by atoms with E-state index < -0.39 is 26.6 Å². The van der Waals surface area contributed by atoms with Crippen LogP contribution in [-0.2, 0) is 10.0 Å². The van der Waals surface area contributed by atoms with Gasteiger partial charge in [0.1, 0.15) is 22.8 Å². The lowest BCUT2D eigenvalue weighted by molar-refractivity contribution is 0.560. The van der Waals surface area contributed by atoms with Gasteiger partial charge < -0.3 is 20.0 Å². The minimum absolute atomic E-state index is 0.0534. The van der Waals surface area contributed by atoms with Gasteiger partial charge in [0, 0.05) is 26.2 Å². The zero-order valence-corrected chi connectivity index (χ0v) is 18.2. The smallest absolute Gasteiger partial charge is 0.308 e. The van der Waals surface area contributed by atoms with E-state index in [0.717, 1.165) is 12.1 Å². The number of nitrogens with zero attached hydrogens (tertiary/aromatic N) is 2. The van der Waals surface area contributed by atoms with Gasteiger partial charge in [0.05, 0.1) is 28.3 Å². The van der Waals surface area contributed by atoms with Crippen LogP contribution in [0.5, 0.6) is 0 Å². The number of halogens is 3. The third-order valence-electron chi connectivity index (χ3n) is 4.30. The zero-order chi connectivity index (χ0) is 22.6. The van der Waals surface area contributed by atoms with Crippen LogP contribution in [0.2, 0.25) is 5.02 Å². The van der Waals surface area contributed by atoms with E-state index in [9.17, 15) is 17.2 Å². The summed E-state index contributed by atoms with van der Waals surface area (Å²) in [4.78, 5) is 4.78. The quantitative estimate of drug-likeness (QED) is 0.436. The van der Waals surface area contributed by atoms with Crippen LogP contribution in [0.15, 0.2) is 52.1 Å². The first-order valence-electron chi connectivity index (χ1n) is 9.05. The van der Waals surface area contributed by atoms with Gasteiger partial charge >= 0.3 is 6.01 Å². The minimum atomic E-state index is -4.32. The van der Waals surface area contributed by atoms with Crippen molar-refractivity contribution in [2.75, 3.05) is 42.1 Å². The van der Waals surface area contributed by atoms with Crippen LogP contribution in [0.4, 0.5) is 31.9 Å². The molecule has 3 N–H and O–H groups in total. The predicted octanol–water partition coefficient (Wildman–Crippen LogP) is 3.81. The van der Waals surface area contributed by atoms with Crippen molar-refractivity contribution in [3.05, 3.63) is 59.4 Å². The van der Waals surface area contributed by atoms with Crippen molar-refractivity contribution in [1.29, 1.82) is 0 Å². The molecule has 0 unspecified atom stereocenters. The van der Waals surface area contributed by atoms with Gasteiger partial charge in [0.25, 0.3) is 10.0 Å². The molecular weight excluding hydrogens is 452 g/mol. The molecule has 0 aliphatic heterocycles. The van der Waals surface area contributed by atoms with Gasteiger partial charge in [-0.3, -0.25) is 0 Å². The van der Waals surface area contributed by atoms with Crippen molar-refractivity contribution in [3.8, 4) is 0 Å². The summed E-state index contributed by atoms with van der Waals surface area (Å²) >= 11 is 6.23. The number of likely N-dealkylation sites (N-methyl/N-ethyl adjacent to an activating group) is 2. The number of aromatic nitrogens is 1. The molecule has 0 bridgehead atoms. The minimum Gasteiger partial charge on any atom is -0.432 e. The van der Waals surface area contributed by atoms with Gasteiger partial charge in [-0.15, -0.1) is 0 Å². The molecule has 1 heterocycles. The normalized spacial score (nSPS) is 11.4. The van der Waals surface area contributed by atoms with E-state index in [1.54, 1.807) is 14.1 Å². The molecule has 8 nitrogen and oxygen atoms in total. The maximum Gasteiger partial charge on any atom is 0.308 e. The van der Waals surface area contributed by atoms with E-state index >= 15 is 0 Å². The molecule has 0 amide bonds. The molecule has 0 aliphatic carbocycles. The van der Waals surface area contributed by atoms with Crippen LogP contribution < -0.4 is 20.3 Å². The molecule has 0 radical (unpaired) electrons. The third kappa shape index (κ3) is 5.43. The molecule has 0 spiro atoms. The Balaban J connectivity index is 1.91. The summed E-state index contributed by atoms with van der Waals surface area (Å²) in [6, 6.07) is 5.69. The van der Waals surface area contributed by atoms with Crippen LogP contribution in [0.1, 0.15) is 0 Å². The molecular formula is C19H20ClF2N5O3S. The third-order valence-corrected chi connectivity index (χ3v) is 5.95. The van der Waals surface area contributed by atoms with Crippen molar-refractivity contribution in [1.82, 2.24) is 10.3 Å². The number of hydrogen-bond donors (Lipinski definition) is 3. The lowest BCUT2D eigenvalue weighted by atomic mass is 10.2. The van der Waals surface area contributed by atoms with Gasteiger partial charge in [0.15, 0.2) is 0 Å². The van der Waals surface area contributed by atoms with Crippen molar-refractivity contribution in [3.63, 3.8) is 0 Å². The molecule has 0 saturated heterocycles. The first-order valence-corrected chi connectivity index (χ1v) is 10.9. The maximum absolute atomic E-state index is 14.7. The Labute approximate surface area is 183 Å². The van der Waals surface area contributed by atoms with Crippen molar-refractivity contribution >= 4 is 44.7 Å². The van der Waals surface area contributed by atoms with E-state index in [0.29, 0.717) is 24.5 Å². The second-order valence-electron chi connectivity index (χ2n) is 6.52. The van der Waals surface area contributed by atoms with Crippen LogP contribution in [0.25, 0.3) is 0 Å². The lowest BCUT2D eigenvalue weighted by Gasteiger charge is -2.23. The number of nitrogens with one attached hydrogen (secondary N) is 3. The van der Waals surface area contributed by atoms with Gasteiger partial charge in [-0.25, -0.2) is 26.9 Å². The summed E-state index contributed by atoms with van der Waals surface area (Å²) in [5.74, 6) is -1.48. The number of benzene rings is 2. The first-order chi connectivity index (χ1) is 14.7. The number of anilines is 4. The standard InChI is InChI=1S/C19H20ClF2N5O3S/c1-23-5-7-27(2)17-9-12(21)3-4-15(17)25-16-11-14(22)18(10-13(16)20)31(28,29)26-19-24-6-8-30-19/h3-4,6,8-11,23,25H,5,7H2,1-2H3,(H,24,26). The Morgan fingerprint density at radius 3 is 2.65 bits per heavy atom. The highest BCUT2D eigenvalue weighted by molar-refractivity contribution is 7.92. The van der Waals surface area contributed by atoms with Crippen LogP contribution in [0.3, 0.4) is 0 Å². The van der Waals surface area contributed by atoms with E-state index in [4.69, 9.17) is 16.0 Å². The van der Waals surface area contributed by atoms with Crippen LogP contribution in [0, 0.1) is 11.6 Å². The predicted molar refractivity (Wildman–Crippen MR) is 116 cm³/mol. The van der Waals surface area contributed by atoms with Crippen molar-refractivity contribution in [2.24, 2.45) is 0 Å². The molecule has 0 saturated carbocycles. The lowest BCUT2D eigenvalue weighted by Crippen LogP contribution is -2.27. The Hall–Kier alpha value is -2.89. The molecule has 1 aromatic heterocycles. The highest BCUT2D eigenvalue weighted by Crippen LogP contribution is 2.34. The summed E-state index contributed by atoms with van der Waals surface area (Å²) in [6.45, 7) is 1.24. The second-order valence-corrected chi connectivity index (χ2v) is 8.57. The SMILES string of the molecule is CNCCN(C)c1cc(F)ccc1Nc1cc(F)c(S(=O)(=O)Nc2ncco2)cc1Cl. The molecule has 12 heteroatoms. The Bertz CT molecular complexity index is 1160. The first kappa shape index (κ1) is 22.8. The largest absolute Gasteiger partial charge is 0.432 e. The second kappa shape index (κ2) is 9.50. The molecule has 31 heavy (non-hydrogen) atoms. The number of oxazole rings is 1. The van der Waals surface area contributed by atoms with E-state index in [1.807, 2.05) is 9.62 Å². The van der Waals surface area contributed by atoms with Gasteiger partial charge in [-0.05, 0) is 31.3 Å². The molecule has 0 aliphatic rings. The zero-order valence-electron chi connectivity index (χ0n) is 16.6. The van der Waals surface area contributed by atoms with Gasteiger partial charge in [0.2, 0.25) is 0 Å². The van der Waals surface area contributed by atoms with Crippen LogP contribution >= 0.6 is 11.6 Å². The number of hydrogen-bond acceptors (Lipinski definition) is 7. The van der Waals surface area contributed by atoms with E-state index in [1.165, 1.54) is 30.7 Å². The number of sulfonamides is 1. The average molecular weight is 472 g/mol. The van der Waals surface area contributed by atoms with E-state index in [-0.39, 0.29) is 16.7 Å².